The summed E-state index contributed by atoms with van der Waals surface area (Å²) in [4.78, 5) is 12.8. The van der Waals surface area contributed by atoms with E-state index >= 15 is 0 Å². The topological polar surface area (TPSA) is 38.3 Å². The molecule has 0 bridgehead atoms. The molecule has 18 heavy (non-hydrogen) atoms. The molecule has 0 spiro atoms. The fraction of sp³-hybridized carbons (Fsp3) is 0.615. The second-order valence-electron chi connectivity index (χ2n) is 4.68. The summed E-state index contributed by atoms with van der Waals surface area (Å²) in [6.07, 6.45) is 4.36. The first-order valence-corrected chi connectivity index (χ1v) is 7.64. The molecular weight excluding hydrogens is 270 g/mol. The molecule has 0 radical (unpaired) electrons. The summed E-state index contributed by atoms with van der Waals surface area (Å²) in [6.45, 7) is 0. The summed E-state index contributed by atoms with van der Waals surface area (Å²) in [5.41, 5.74) is 0. The van der Waals surface area contributed by atoms with Crippen molar-refractivity contribution in [3.63, 3.8) is 0 Å². The lowest BCUT2D eigenvalue weighted by molar-refractivity contribution is 0.0923. The molecule has 1 aromatic heterocycles. The highest BCUT2D eigenvalue weighted by Gasteiger charge is 2.24. The van der Waals surface area contributed by atoms with Gasteiger partial charge in [0.1, 0.15) is 10.6 Å². The Morgan fingerprint density at radius 1 is 1.61 bits per heavy atom. The van der Waals surface area contributed by atoms with Gasteiger partial charge in [0.05, 0.1) is 7.11 Å². The number of halogens is 1. The van der Waals surface area contributed by atoms with E-state index in [2.05, 4.69) is 5.32 Å². The number of hydrogen-bond donors (Lipinski definition) is 1. The number of amides is 1. The molecule has 1 fully saturated rings. The molecule has 1 heterocycles. The van der Waals surface area contributed by atoms with Crippen LogP contribution in [0.1, 0.15) is 35.4 Å². The van der Waals surface area contributed by atoms with Crippen LogP contribution >= 0.6 is 22.9 Å². The average Bonchev–Trinajstić information content (AvgIpc) is 2.87. The van der Waals surface area contributed by atoms with E-state index in [0.29, 0.717) is 22.4 Å². The Morgan fingerprint density at radius 3 is 3.17 bits per heavy atom. The quantitative estimate of drug-likeness (QED) is 0.863. The zero-order valence-corrected chi connectivity index (χ0v) is 12.0. The van der Waals surface area contributed by atoms with Gasteiger partial charge in [-0.15, -0.1) is 22.9 Å². The Morgan fingerprint density at radius 2 is 2.44 bits per heavy atom. The molecule has 5 heteroatoms. The van der Waals surface area contributed by atoms with Crippen LogP contribution in [0.3, 0.4) is 0 Å². The van der Waals surface area contributed by atoms with Crippen LogP contribution in [0.4, 0.5) is 0 Å². The van der Waals surface area contributed by atoms with E-state index < -0.39 is 0 Å². The highest BCUT2D eigenvalue weighted by atomic mass is 35.5. The van der Waals surface area contributed by atoms with Crippen LogP contribution in [-0.4, -0.2) is 24.9 Å². The van der Waals surface area contributed by atoms with Gasteiger partial charge in [0.15, 0.2) is 0 Å². The van der Waals surface area contributed by atoms with E-state index in [-0.39, 0.29) is 11.9 Å². The van der Waals surface area contributed by atoms with Crippen LogP contribution in [0.15, 0.2) is 11.4 Å². The SMILES string of the molecule is COc1ccsc1C(=O)NC1CCCC(CCl)C1. The molecule has 1 amide bonds. The molecule has 2 unspecified atom stereocenters. The lowest BCUT2D eigenvalue weighted by atomic mass is 9.87. The van der Waals surface area contributed by atoms with E-state index in [1.54, 1.807) is 7.11 Å². The average molecular weight is 288 g/mol. The Bertz CT molecular complexity index is 407. The van der Waals surface area contributed by atoms with Crippen LogP contribution in [0.2, 0.25) is 0 Å². The van der Waals surface area contributed by atoms with Gasteiger partial charge in [0, 0.05) is 11.9 Å². The number of hydrogen-bond acceptors (Lipinski definition) is 3. The smallest absolute Gasteiger partial charge is 0.265 e. The third-order valence-electron chi connectivity index (χ3n) is 3.39. The van der Waals surface area contributed by atoms with Gasteiger partial charge >= 0.3 is 0 Å². The summed E-state index contributed by atoms with van der Waals surface area (Å²) < 4.78 is 5.17. The zero-order valence-electron chi connectivity index (χ0n) is 10.4. The highest BCUT2D eigenvalue weighted by molar-refractivity contribution is 7.12. The second kappa shape index (κ2) is 6.43. The minimum Gasteiger partial charge on any atom is -0.495 e. The third-order valence-corrected chi connectivity index (χ3v) is 4.72. The number of ether oxygens (including phenoxy) is 1. The van der Waals surface area contributed by atoms with Crippen LogP contribution in [-0.2, 0) is 0 Å². The van der Waals surface area contributed by atoms with E-state index in [4.69, 9.17) is 16.3 Å². The predicted molar refractivity (Wildman–Crippen MR) is 74.8 cm³/mol. The van der Waals surface area contributed by atoms with Crippen molar-refractivity contribution in [3.05, 3.63) is 16.3 Å². The van der Waals surface area contributed by atoms with Crippen LogP contribution < -0.4 is 10.1 Å². The highest BCUT2D eigenvalue weighted by Crippen LogP contribution is 2.27. The van der Waals surface area contributed by atoms with E-state index in [9.17, 15) is 4.79 Å². The Hall–Kier alpha value is -0.740. The zero-order chi connectivity index (χ0) is 13.0. The van der Waals surface area contributed by atoms with Crippen LogP contribution in [0.25, 0.3) is 0 Å². The van der Waals surface area contributed by atoms with Crippen molar-refractivity contribution < 1.29 is 9.53 Å². The number of alkyl halides is 1. The molecule has 2 atom stereocenters. The maximum atomic E-state index is 12.1. The van der Waals surface area contributed by atoms with Crippen molar-refractivity contribution in [2.24, 2.45) is 5.92 Å². The molecule has 1 aromatic rings. The molecule has 3 nitrogen and oxygen atoms in total. The number of thiophene rings is 1. The Kier molecular flexibility index (Phi) is 4.89. The minimum absolute atomic E-state index is 0.0259. The molecule has 2 rings (SSSR count). The molecular formula is C13H18ClNO2S. The number of rotatable bonds is 4. The summed E-state index contributed by atoms with van der Waals surface area (Å²) in [7, 11) is 1.59. The first-order valence-electron chi connectivity index (χ1n) is 6.23. The third kappa shape index (κ3) is 3.18. The summed E-state index contributed by atoms with van der Waals surface area (Å²) in [6, 6.07) is 2.07. The Labute approximate surface area is 116 Å². The molecule has 0 aromatic carbocycles. The number of nitrogens with one attached hydrogen (secondary N) is 1. The second-order valence-corrected chi connectivity index (χ2v) is 5.90. The number of carbonyl (C=O) groups is 1. The number of carbonyl (C=O) groups excluding carboxylic acids is 1. The first-order chi connectivity index (χ1) is 8.74. The summed E-state index contributed by atoms with van der Waals surface area (Å²) in [5.74, 6) is 1.86. The Balaban J connectivity index is 1.95. The molecule has 1 aliphatic carbocycles. The van der Waals surface area contributed by atoms with Gasteiger partial charge in [-0.1, -0.05) is 6.42 Å². The molecule has 100 valence electrons. The molecule has 1 saturated carbocycles. The van der Waals surface area contributed by atoms with Gasteiger partial charge in [0.25, 0.3) is 5.91 Å². The van der Waals surface area contributed by atoms with Gasteiger partial charge in [-0.25, -0.2) is 0 Å². The van der Waals surface area contributed by atoms with Gasteiger partial charge in [0.2, 0.25) is 0 Å². The lowest BCUT2D eigenvalue weighted by Crippen LogP contribution is -2.38. The standard InChI is InChI=1S/C13H18ClNO2S/c1-17-11-5-6-18-12(11)13(16)15-10-4-2-3-9(7-10)8-14/h5-6,9-10H,2-4,7-8H2,1H3,(H,15,16). The van der Waals surface area contributed by atoms with E-state index in [1.807, 2.05) is 11.4 Å². The maximum Gasteiger partial charge on any atom is 0.265 e. The maximum absolute atomic E-state index is 12.1. The summed E-state index contributed by atoms with van der Waals surface area (Å²) in [5, 5.41) is 4.96. The predicted octanol–water partition coefficient (Wildman–Crippen LogP) is 3.28. The lowest BCUT2D eigenvalue weighted by Gasteiger charge is -2.28. The first kappa shape index (κ1) is 13.7. The monoisotopic (exact) mass is 287 g/mol. The van der Waals surface area contributed by atoms with Crippen molar-refractivity contribution in [1.29, 1.82) is 0 Å². The van der Waals surface area contributed by atoms with Gasteiger partial charge in [-0.3, -0.25) is 4.79 Å². The molecule has 0 saturated heterocycles. The fourth-order valence-corrected chi connectivity index (χ4v) is 3.48. The van der Waals surface area contributed by atoms with Crippen molar-refractivity contribution in [1.82, 2.24) is 5.32 Å². The van der Waals surface area contributed by atoms with E-state index in [0.717, 1.165) is 19.3 Å². The fourth-order valence-electron chi connectivity index (χ4n) is 2.44. The van der Waals surface area contributed by atoms with Crippen LogP contribution in [0, 0.1) is 5.92 Å². The van der Waals surface area contributed by atoms with Crippen molar-refractivity contribution in [3.8, 4) is 5.75 Å². The molecule has 0 aliphatic heterocycles. The van der Waals surface area contributed by atoms with Crippen molar-refractivity contribution in [2.75, 3.05) is 13.0 Å². The van der Waals surface area contributed by atoms with Gasteiger partial charge in [-0.2, -0.15) is 0 Å². The minimum atomic E-state index is -0.0259. The van der Waals surface area contributed by atoms with Gasteiger partial charge < -0.3 is 10.1 Å². The van der Waals surface area contributed by atoms with Crippen molar-refractivity contribution >= 4 is 28.8 Å². The molecule has 1 N–H and O–H groups in total. The molecule has 1 aliphatic rings. The number of methoxy groups -OCH3 is 1. The van der Waals surface area contributed by atoms with Gasteiger partial charge in [-0.05, 0) is 36.6 Å². The van der Waals surface area contributed by atoms with Crippen molar-refractivity contribution in [2.45, 2.75) is 31.7 Å². The van der Waals surface area contributed by atoms with E-state index in [1.165, 1.54) is 17.8 Å². The van der Waals surface area contributed by atoms with Crippen LogP contribution in [0.5, 0.6) is 5.75 Å². The largest absolute Gasteiger partial charge is 0.495 e. The normalized spacial score (nSPS) is 23.7. The summed E-state index contributed by atoms with van der Waals surface area (Å²) >= 11 is 7.31.